The third-order valence-electron chi connectivity index (χ3n) is 4.24. The molecule has 0 unspecified atom stereocenters. The minimum atomic E-state index is 0.438. The van der Waals surface area contributed by atoms with E-state index >= 15 is 0 Å². The van der Waals surface area contributed by atoms with E-state index in [0.717, 1.165) is 32.4 Å². The number of carbonyl (C=O) groups excluding carboxylic acids is 1. The van der Waals surface area contributed by atoms with E-state index in [-0.39, 0.29) is 0 Å². The van der Waals surface area contributed by atoms with E-state index in [9.17, 15) is 4.79 Å². The molecule has 0 radical (unpaired) electrons. The lowest BCUT2D eigenvalue weighted by Gasteiger charge is -2.21. The summed E-state index contributed by atoms with van der Waals surface area (Å²) in [7, 11) is 0. The second-order valence-corrected chi connectivity index (χ2v) is 6.14. The molecular weight excluding hydrogens is 248 g/mol. The van der Waals surface area contributed by atoms with Crippen LogP contribution in [0.1, 0.15) is 65.2 Å². The van der Waals surface area contributed by atoms with Gasteiger partial charge in [0.15, 0.2) is 0 Å². The molecule has 3 nitrogen and oxygen atoms in total. The van der Waals surface area contributed by atoms with Crippen LogP contribution >= 0.6 is 0 Å². The molecule has 20 heavy (non-hydrogen) atoms. The highest BCUT2D eigenvalue weighted by Crippen LogP contribution is 2.07. The van der Waals surface area contributed by atoms with E-state index in [1.807, 2.05) is 0 Å². The summed E-state index contributed by atoms with van der Waals surface area (Å²) in [5.74, 6) is 0.438. The predicted molar refractivity (Wildman–Crippen MR) is 86.2 cm³/mol. The Morgan fingerprint density at radius 2 is 1.50 bits per heavy atom. The molecule has 0 saturated carbocycles. The van der Waals surface area contributed by atoms with Gasteiger partial charge in [0, 0.05) is 32.5 Å². The molecule has 0 atom stereocenters. The molecule has 0 amide bonds. The molecule has 3 heteroatoms. The van der Waals surface area contributed by atoms with Gasteiger partial charge >= 0.3 is 0 Å². The molecule has 118 valence electrons. The van der Waals surface area contributed by atoms with E-state index in [1.54, 1.807) is 0 Å². The first kappa shape index (κ1) is 17.6. The molecule has 1 aliphatic rings. The van der Waals surface area contributed by atoms with E-state index in [0.29, 0.717) is 5.78 Å². The lowest BCUT2D eigenvalue weighted by Crippen LogP contribution is -2.32. The normalized spacial score (nSPS) is 18.1. The van der Waals surface area contributed by atoms with E-state index < -0.39 is 0 Å². The van der Waals surface area contributed by atoms with Crippen molar-refractivity contribution in [2.24, 2.45) is 0 Å². The molecule has 0 aliphatic carbocycles. The van der Waals surface area contributed by atoms with Crippen LogP contribution in [-0.2, 0) is 4.79 Å². The van der Waals surface area contributed by atoms with Gasteiger partial charge in [-0.05, 0) is 38.9 Å². The molecule has 0 aromatic rings. The van der Waals surface area contributed by atoms with Gasteiger partial charge in [-0.25, -0.2) is 0 Å². The molecule has 0 spiro atoms. The maximum absolute atomic E-state index is 11.6. The molecule has 1 fully saturated rings. The van der Waals surface area contributed by atoms with Gasteiger partial charge in [-0.2, -0.15) is 0 Å². The summed E-state index contributed by atoms with van der Waals surface area (Å²) in [5, 5.41) is 0. The summed E-state index contributed by atoms with van der Waals surface area (Å²) < 4.78 is 0. The predicted octanol–water partition coefficient (Wildman–Crippen LogP) is 3.33. The Morgan fingerprint density at radius 1 is 0.800 bits per heavy atom. The van der Waals surface area contributed by atoms with Crippen LogP contribution in [0.15, 0.2) is 0 Å². The maximum atomic E-state index is 11.6. The Balaban J connectivity index is 2.13. The number of unbranched alkanes of at least 4 members (excludes halogenated alkanes) is 3. The molecule has 1 aliphatic heterocycles. The molecular formula is C17H34N2O. The van der Waals surface area contributed by atoms with Crippen molar-refractivity contribution >= 4 is 5.78 Å². The Kier molecular flexibility index (Phi) is 9.94. The van der Waals surface area contributed by atoms with Crippen molar-refractivity contribution in [3.63, 3.8) is 0 Å². The van der Waals surface area contributed by atoms with Crippen molar-refractivity contribution in [2.45, 2.75) is 65.2 Å². The zero-order valence-electron chi connectivity index (χ0n) is 13.7. The fraction of sp³-hybridized carbons (Fsp3) is 0.941. The highest BCUT2D eigenvalue weighted by atomic mass is 16.1. The third kappa shape index (κ3) is 8.01. The highest BCUT2D eigenvalue weighted by Gasteiger charge is 2.14. The monoisotopic (exact) mass is 282 g/mol. The molecule has 0 aromatic carbocycles. The van der Waals surface area contributed by atoms with Crippen molar-refractivity contribution in [3.05, 3.63) is 0 Å². The van der Waals surface area contributed by atoms with Crippen LogP contribution in [0, 0.1) is 0 Å². The average molecular weight is 282 g/mol. The first-order valence-electron chi connectivity index (χ1n) is 8.72. The van der Waals surface area contributed by atoms with Crippen molar-refractivity contribution in [2.75, 3.05) is 39.3 Å². The van der Waals surface area contributed by atoms with Crippen LogP contribution in [0.25, 0.3) is 0 Å². The van der Waals surface area contributed by atoms with Gasteiger partial charge in [0.2, 0.25) is 0 Å². The van der Waals surface area contributed by atoms with Crippen molar-refractivity contribution < 1.29 is 4.79 Å². The number of rotatable bonds is 10. The SMILES string of the molecule is CCCCCCN1CCCN(CCC(=O)CCC)CC1. The third-order valence-corrected chi connectivity index (χ3v) is 4.24. The standard InChI is InChI=1S/C17H34N2O/c1-3-5-6-7-11-18-12-8-13-19(16-15-18)14-10-17(20)9-4-2/h3-16H2,1-2H3. The van der Waals surface area contributed by atoms with Crippen LogP contribution in [0.3, 0.4) is 0 Å². The van der Waals surface area contributed by atoms with Crippen LogP contribution in [0.2, 0.25) is 0 Å². The summed E-state index contributed by atoms with van der Waals surface area (Å²) in [6, 6.07) is 0. The van der Waals surface area contributed by atoms with Gasteiger partial charge in [0.05, 0.1) is 0 Å². The fourth-order valence-electron chi connectivity index (χ4n) is 2.92. The van der Waals surface area contributed by atoms with E-state index in [2.05, 4.69) is 23.6 Å². The summed E-state index contributed by atoms with van der Waals surface area (Å²) in [4.78, 5) is 16.7. The van der Waals surface area contributed by atoms with Gasteiger partial charge < -0.3 is 9.80 Å². The van der Waals surface area contributed by atoms with Crippen molar-refractivity contribution in [1.29, 1.82) is 0 Å². The summed E-state index contributed by atoms with van der Waals surface area (Å²) >= 11 is 0. The molecule has 0 bridgehead atoms. The van der Waals surface area contributed by atoms with Gasteiger partial charge in [-0.15, -0.1) is 0 Å². The van der Waals surface area contributed by atoms with Crippen LogP contribution in [0.5, 0.6) is 0 Å². The minimum absolute atomic E-state index is 0.438. The van der Waals surface area contributed by atoms with Crippen LogP contribution in [-0.4, -0.2) is 54.9 Å². The topological polar surface area (TPSA) is 23.6 Å². The number of hydrogen-bond donors (Lipinski definition) is 0. The number of carbonyl (C=O) groups is 1. The van der Waals surface area contributed by atoms with Crippen LogP contribution < -0.4 is 0 Å². The highest BCUT2D eigenvalue weighted by molar-refractivity contribution is 5.78. The van der Waals surface area contributed by atoms with Crippen molar-refractivity contribution in [3.8, 4) is 0 Å². The Labute approximate surface area is 125 Å². The maximum Gasteiger partial charge on any atom is 0.134 e. The number of Topliss-reactive ketones (excluding diaryl/α,β-unsaturated/α-hetero) is 1. The van der Waals surface area contributed by atoms with E-state index in [1.165, 1.54) is 58.3 Å². The van der Waals surface area contributed by atoms with Gasteiger partial charge in [-0.1, -0.05) is 33.1 Å². The lowest BCUT2D eigenvalue weighted by molar-refractivity contribution is -0.119. The number of ketones is 1. The fourth-order valence-corrected chi connectivity index (χ4v) is 2.92. The average Bonchev–Trinajstić information content (AvgIpc) is 2.67. The number of hydrogen-bond acceptors (Lipinski definition) is 3. The first-order chi connectivity index (χ1) is 9.76. The number of nitrogens with zero attached hydrogens (tertiary/aromatic N) is 2. The lowest BCUT2D eigenvalue weighted by atomic mass is 10.2. The second-order valence-electron chi connectivity index (χ2n) is 6.14. The largest absolute Gasteiger partial charge is 0.302 e. The molecule has 1 rings (SSSR count). The zero-order chi connectivity index (χ0) is 14.6. The van der Waals surface area contributed by atoms with E-state index in [4.69, 9.17) is 0 Å². The summed E-state index contributed by atoms with van der Waals surface area (Å²) in [6.45, 7) is 11.3. The van der Waals surface area contributed by atoms with Gasteiger partial charge in [-0.3, -0.25) is 4.79 Å². The first-order valence-corrected chi connectivity index (χ1v) is 8.72. The van der Waals surface area contributed by atoms with Crippen LogP contribution in [0.4, 0.5) is 0 Å². The Hall–Kier alpha value is -0.410. The summed E-state index contributed by atoms with van der Waals surface area (Å²) in [6.07, 6.45) is 9.19. The Morgan fingerprint density at radius 3 is 2.15 bits per heavy atom. The zero-order valence-corrected chi connectivity index (χ0v) is 13.7. The van der Waals surface area contributed by atoms with Crippen molar-refractivity contribution in [1.82, 2.24) is 9.80 Å². The van der Waals surface area contributed by atoms with Gasteiger partial charge in [0.25, 0.3) is 0 Å². The second kappa shape index (κ2) is 11.3. The quantitative estimate of drug-likeness (QED) is 0.574. The minimum Gasteiger partial charge on any atom is -0.302 e. The molecule has 1 heterocycles. The molecule has 0 aromatic heterocycles. The smallest absolute Gasteiger partial charge is 0.134 e. The summed E-state index contributed by atoms with van der Waals surface area (Å²) in [5.41, 5.74) is 0. The molecule has 1 saturated heterocycles. The Bertz CT molecular complexity index is 255. The van der Waals surface area contributed by atoms with Gasteiger partial charge in [0.1, 0.15) is 5.78 Å². The molecule has 0 N–H and O–H groups in total.